The van der Waals surface area contributed by atoms with Crippen LogP contribution in [0, 0.1) is 0 Å². The van der Waals surface area contributed by atoms with E-state index in [1.165, 1.54) is 5.54 Å². The van der Waals surface area contributed by atoms with E-state index < -0.39 is 0 Å². The molecule has 0 aliphatic heterocycles. The van der Waals surface area contributed by atoms with Crippen LogP contribution in [0.2, 0.25) is 0 Å². The molecule has 0 bridgehead atoms. The summed E-state index contributed by atoms with van der Waals surface area (Å²) in [6.45, 7) is 7.16. The molecule has 0 heterocycles. The van der Waals surface area contributed by atoms with E-state index in [-0.39, 0.29) is 5.54 Å². The zero-order chi connectivity index (χ0) is 9.61. The number of rotatable bonds is 5. The summed E-state index contributed by atoms with van der Waals surface area (Å²) in [6.07, 6.45) is 2.19. The fourth-order valence-corrected chi connectivity index (χ4v) is 0.980. The molecule has 0 aromatic heterocycles. The summed E-state index contributed by atoms with van der Waals surface area (Å²) in [6, 6.07) is 0. The van der Waals surface area contributed by atoms with Crippen molar-refractivity contribution in [2.75, 3.05) is 6.54 Å². The van der Waals surface area contributed by atoms with Crippen LogP contribution in [0.5, 0.6) is 0 Å². The van der Waals surface area contributed by atoms with Crippen molar-refractivity contribution in [2.45, 2.75) is 39.2 Å². The zero-order valence-corrected chi connectivity index (χ0v) is 9.47. The van der Waals surface area contributed by atoms with Crippen LogP contribution >= 0.6 is 23.2 Å². The first-order chi connectivity index (χ1) is 5.58. The van der Waals surface area contributed by atoms with Crippen LogP contribution in [0.4, 0.5) is 0 Å². The van der Waals surface area contributed by atoms with Crippen LogP contribution in [0.3, 0.4) is 0 Å². The van der Waals surface area contributed by atoms with Gasteiger partial charge in [0.1, 0.15) is 0 Å². The Kier molecular flexibility index (Phi) is 5.98. The van der Waals surface area contributed by atoms with Gasteiger partial charge < -0.3 is 5.32 Å². The highest BCUT2D eigenvalue weighted by Crippen LogP contribution is 2.14. The Morgan fingerprint density at radius 1 is 1.42 bits per heavy atom. The third kappa shape index (κ3) is 4.34. The van der Waals surface area contributed by atoms with Gasteiger partial charge >= 0.3 is 0 Å². The van der Waals surface area contributed by atoms with Crippen LogP contribution in [-0.4, -0.2) is 12.1 Å². The molecule has 0 fully saturated rings. The van der Waals surface area contributed by atoms with Crippen molar-refractivity contribution >= 4 is 23.2 Å². The molecule has 0 aliphatic carbocycles. The fourth-order valence-electron chi connectivity index (χ4n) is 0.836. The second kappa shape index (κ2) is 5.85. The Morgan fingerprint density at radius 2 is 1.92 bits per heavy atom. The van der Waals surface area contributed by atoms with E-state index in [2.05, 4.69) is 26.1 Å². The Morgan fingerprint density at radius 3 is 2.25 bits per heavy atom. The minimum Gasteiger partial charge on any atom is -0.307 e. The first-order valence-electron chi connectivity index (χ1n) is 4.27. The Balaban J connectivity index is 3.89. The molecule has 0 rings (SSSR count). The number of hydrogen-bond acceptors (Lipinski definition) is 1. The maximum absolute atomic E-state index is 5.75. The molecule has 0 aromatic rings. The van der Waals surface area contributed by atoms with Crippen molar-refractivity contribution in [2.24, 2.45) is 0 Å². The number of halogens is 2. The minimum atomic E-state index is 0.181. The standard InChI is InChI=1S/C9H17Cl2N/c1-4-9(3,5-2)12-7-8(11)6-10/h6,12H,4-5,7H2,1-3H3. The molecular weight excluding hydrogens is 193 g/mol. The molecule has 0 atom stereocenters. The average molecular weight is 210 g/mol. The van der Waals surface area contributed by atoms with Gasteiger partial charge in [0.25, 0.3) is 0 Å². The third-order valence-corrected chi connectivity index (χ3v) is 2.98. The Bertz CT molecular complexity index is 151. The van der Waals surface area contributed by atoms with E-state index in [0.29, 0.717) is 11.6 Å². The van der Waals surface area contributed by atoms with Crippen LogP contribution in [-0.2, 0) is 0 Å². The van der Waals surface area contributed by atoms with Gasteiger partial charge in [-0.15, -0.1) is 0 Å². The van der Waals surface area contributed by atoms with Crippen molar-refractivity contribution in [3.63, 3.8) is 0 Å². The zero-order valence-electron chi connectivity index (χ0n) is 7.95. The Labute approximate surface area is 85.1 Å². The first kappa shape index (κ1) is 12.3. The molecule has 1 nitrogen and oxygen atoms in total. The molecule has 1 N–H and O–H groups in total. The van der Waals surface area contributed by atoms with Crippen molar-refractivity contribution in [3.8, 4) is 0 Å². The number of hydrogen-bond donors (Lipinski definition) is 1. The molecule has 0 saturated carbocycles. The predicted octanol–water partition coefficient (Wildman–Crippen LogP) is 3.47. The molecule has 3 heteroatoms. The lowest BCUT2D eigenvalue weighted by molar-refractivity contribution is 0.345. The van der Waals surface area contributed by atoms with Gasteiger partial charge in [0.15, 0.2) is 0 Å². The van der Waals surface area contributed by atoms with E-state index in [4.69, 9.17) is 23.2 Å². The molecule has 12 heavy (non-hydrogen) atoms. The van der Waals surface area contributed by atoms with Crippen molar-refractivity contribution in [3.05, 3.63) is 10.6 Å². The molecule has 0 saturated heterocycles. The largest absolute Gasteiger partial charge is 0.307 e. The summed E-state index contributed by atoms with van der Waals surface area (Å²) in [4.78, 5) is 0. The summed E-state index contributed by atoms with van der Waals surface area (Å²) in [5.74, 6) is 0. The summed E-state index contributed by atoms with van der Waals surface area (Å²) >= 11 is 11.2. The maximum Gasteiger partial charge on any atom is 0.0432 e. The monoisotopic (exact) mass is 209 g/mol. The van der Waals surface area contributed by atoms with E-state index >= 15 is 0 Å². The first-order valence-corrected chi connectivity index (χ1v) is 5.09. The van der Waals surface area contributed by atoms with Gasteiger partial charge in [-0.1, -0.05) is 37.0 Å². The van der Waals surface area contributed by atoms with Crippen LogP contribution in [0.25, 0.3) is 0 Å². The van der Waals surface area contributed by atoms with E-state index in [9.17, 15) is 0 Å². The lowest BCUT2D eigenvalue weighted by Crippen LogP contribution is -2.41. The minimum absolute atomic E-state index is 0.181. The lowest BCUT2D eigenvalue weighted by Gasteiger charge is -2.28. The smallest absolute Gasteiger partial charge is 0.0432 e. The summed E-state index contributed by atoms with van der Waals surface area (Å²) in [5, 5.41) is 4.02. The third-order valence-electron chi connectivity index (χ3n) is 2.36. The molecule has 72 valence electrons. The van der Waals surface area contributed by atoms with Gasteiger partial charge in [-0.3, -0.25) is 0 Å². The van der Waals surface area contributed by atoms with Crippen molar-refractivity contribution in [1.82, 2.24) is 5.32 Å². The average Bonchev–Trinajstić information content (AvgIpc) is 2.13. The summed E-state index contributed by atoms with van der Waals surface area (Å²) in [5.41, 5.74) is 1.58. The van der Waals surface area contributed by atoms with Crippen LogP contribution in [0.15, 0.2) is 10.6 Å². The van der Waals surface area contributed by atoms with E-state index in [0.717, 1.165) is 12.8 Å². The molecular formula is C9H17Cl2N. The van der Waals surface area contributed by atoms with Gasteiger partial charge in [0.05, 0.1) is 0 Å². The number of nitrogens with one attached hydrogen (secondary N) is 1. The van der Waals surface area contributed by atoms with Gasteiger partial charge in [-0.25, -0.2) is 0 Å². The molecule has 0 aliphatic rings. The summed E-state index contributed by atoms with van der Waals surface area (Å²) < 4.78 is 0. The maximum atomic E-state index is 5.75. The highest BCUT2D eigenvalue weighted by atomic mass is 35.5. The van der Waals surface area contributed by atoms with Gasteiger partial charge in [-0.2, -0.15) is 0 Å². The molecule has 0 spiro atoms. The topological polar surface area (TPSA) is 12.0 Å². The Hall–Kier alpha value is 0.280. The normalized spacial score (nSPS) is 13.6. The molecule has 0 unspecified atom stereocenters. The van der Waals surface area contributed by atoms with Crippen LogP contribution in [0.1, 0.15) is 33.6 Å². The quantitative estimate of drug-likeness (QED) is 0.732. The van der Waals surface area contributed by atoms with Crippen molar-refractivity contribution < 1.29 is 0 Å². The van der Waals surface area contributed by atoms with E-state index in [1.807, 2.05) is 0 Å². The second-order valence-electron chi connectivity index (χ2n) is 3.18. The lowest BCUT2D eigenvalue weighted by atomic mass is 9.96. The highest BCUT2D eigenvalue weighted by molar-refractivity contribution is 6.36. The fraction of sp³-hybridized carbons (Fsp3) is 0.778. The van der Waals surface area contributed by atoms with E-state index in [1.54, 1.807) is 0 Å². The van der Waals surface area contributed by atoms with Crippen LogP contribution < -0.4 is 5.32 Å². The van der Waals surface area contributed by atoms with Crippen molar-refractivity contribution in [1.29, 1.82) is 0 Å². The van der Waals surface area contributed by atoms with Gasteiger partial charge in [0, 0.05) is 22.7 Å². The van der Waals surface area contributed by atoms with Gasteiger partial charge in [-0.05, 0) is 19.8 Å². The highest BCUT2D eigenvalue weighted by Gasteiger charge is 2.17. The second-order valence-corrected chi connectivity index (χ2v) is 3.88. The molecule has 0 amide bonds. The molecule has 0 radical (unpaired) electrons. The SMILES string of the molecule is CCC(C)(CC)NCC(Cl)=CCl. The summed E-state index contributed by atoms with van der Waals surface area (Å²) in [7, 11) is 0. The predicted molar refractivity (Wildman–Crippen MR) is 56.8 cm³/mol. The molecule has 0 aromatic carbocycles. The van der Waals surface area contributed by atoms with Gasteiger partial charge in [0.2, 0.25) is 0 Å².